The van der Waals surface area contributed by atoms with Crippen molar-refractivity contribution >= 4 is 17.4 Å². The van der Waals surface area contributed by atoms with E-state index in [9.17, 15) is 0 Å². The van der Waals surface area contributed by atoms with E-state index >= 15 is 0 Å². The molecular weight excluding hydrogens is 220 g/mol. The van der Waals surface area contributed by atoms with Gasteiger partial charge in [-0.3, -0.25) is 0 Å². The zero-order chi connectivity index (χ0) is 11.4. The summed E-state index contributed by atoms with van der Waals surface area (Å²) in [6, 6.07) is 11.6. The van der Waals surface area contributed by atoms with Crippen molar-refractivity contribution in [2.45, 2.75) is 9.92 Å². The van der Waals surface area contributed by atoms with Gasteiger partial charge in [-0.15, -0.1) is 0 Å². The molecule has 2 rings (SSSR count). The van der Waals surface area contributed by atoms with Crippen LogP contribution in [0.1, 0.15) is 0 Å². The highest BCUT2D eigenvalue weighted by Gasteiger charge is 2.00. The third-order valence-corrected chi connectivity index (χ3v) is 2.96. The fourth-order valence-corrected chi connectivity index (χ4v) is 2.04. The van der Waals surface area contributed by atoms with E-state index < -0.39 is 0 Å². The van der Waals surface area contributed by atoms with Gasteiger partial charge in [0.2, 0.25) is 0 Å². The van der Waals surface area contributed by atoms with Crippen LogP contribution in [0.2, 0.25) is 0 Å². The number of ether oxygens (including phenoxy) is 1. The van der Waals surface area contributed by atoms with Crippen molar-refractivity contribution < 1.29 is 4.74 Å². The number of hydrogen-bond acceptors (Lipinski definition) is 4. The Bertz CT molecular complexity index is 471. The Hall–Kier alpha value is -1.68. The molecular formula is C12H12N2OS. The molecule has 0 aliphatic heterocycles. The molecule has 0 unspecified atom stereocenters. The number of anilines is 1. The topological polar surface area (TPSA) is 48.1 Å². The Balaban J connectivity index is 2.16. The van der Waals surface area contributed by atoms with Gasteiger partial charge in [-0.05, 0) is 30.3 Å². The van der Waals surface area contributed by atoms with Crippen molar-refractivity contribution in [1.29, 1.82) is 0 Å². The first-order chi connectivity index (χ1) is 7.78. The Morgan fingerprint density at radius 1 is 1.25 bits per heavy atom. The summed E-state index contributed by atoms with van der Waals surface area (Å²) in [5.74, 6) is 0.848. The van der Waals surface area contributed by atoms with Crippen LogP contribution in [0.4, 0.5) is 5.69 Å². The van der Waals surface area contributed by atoms with Gasteiger partial charge in [0.1, 0.15) is 10.8 Å². The summed E-state index contributed by atoms with van der Waals surface area (Å²) in [5, 5.41) is 0.919. The summed E-state index contributed by atoms with van der Waals surface area (Å²) in [6.45, 7) is 0. The number of rotatable bonds is 3. The monoisotopic (exact) mass is 232 g/mol. The van der Waals surface area contributed by atoms with Gasteiger partial charge in [-0.2, -0.15) is 0 Å². The number of hydrogen-bond donors (Lipinski definition) is 1. The van der Waals surface area contributed by atoms with Crippen LogP contribution in [0.3, 0.4) is 0 Å². The van der Waals surface area contributed by atoms with Crippen molar-refractivity contribution in [2.24, 2.45) is 0 Å². The molecule has 0 saturated carbocycles. The average molecular weight is 232 g/mol. The molecule has 82 valence electrons. The first-order valence-electron chi connectivity index (χ1n) is 4.81. The van der Waals surface area contributed by atoms with Crippen LogP contribution in [0, 0.1) is 0 Å². The molecule has 0 amide bonds. The van der Waals surface area contributed by atoms with Gasteiger partial charge < -0.3 is 10.5 Å². The minimum absolute atomic E-state index is 0.676. The second-order valence-electron chi connectivity index (χ2n) is 3.21. The lowest BCUT2D eigenvalue weighted by Gasteiger charge is -2.03. The average Bonchev–Trinajstić information content (AvgIpc) is 2.32. The molecule has 0 aliphatic carbocycles. The van der Waals surface area contributed by atoms with Crippen molar-refractivity contribution in [3.63, 3.8) is 0 Å². The maximum Gasteiger partial charge on any atom is 0.119 e. The first kappa shape index (κ1) is 10.8. The third-order valence-electron chi connectivity index (χ3n) is 2.02. The number of methoxy groups -OCH3 is 1. The summed E-state index contributed by atoms with van der Waals surface area (Å²) < 4.78 is 5.16. The summed E-state index contributed by atoms with van der Waals surface area (Å²) in [5.41, 5.74) is 6.25. The van der Waals surface area contributed by atoms with Crippen molar-refractivity contribution in [3.05, 3.63) is 42.6 Å². The van der Waals surface area contributed by atoms with Crippen LogP contribution in [0.5, 0.6) is 5.75 Å². The van der Waals surface area contributed by atoms with Gasteiger partial charge in [-0.25, -0.2) is 4.98 Å². The van der Waals surface area contributed by atoms with Crippen molar-refractivity contribution in [3.8, 4) is 5.75 Å². The number of benzene rings is 1. The lowest BCUT2D eigenvalue weighted by molar-refractivity contribution is 0.413. The summed E-state index contributed by atoms with van der Waals surface area (Å²) in [4.78, 5) is 5.32. The zero-order valence-electron chi connectivity index (χ0n) is 8.88. The fraction of sp³-hybridized carbons (Fsp3) is 0.0833. The first-order valence-corrected chi connectivity index (χ1v) is 5.63. The molecule has 0 radical (unpaired) electrons. The molecule has 3 nitrogen and oxygen atoms in total. The minimum atomic E-state index is 0.676. The SMILES string of the molecule is COc1cccc(Sc2ccc(N)cn2)c1. The molecule has 2 N–H and O–H groups in total. The van der Waals surface area contributed by atoms with Crippen LogP contribution < -0.4 is 10.5 Å². The van der Waals surface area contributed by atoms with E-state index in [1.807, 2.05) is 36.4 Å². The summed E-state index contributed by atoms with van der Waals surface area (Å²) in [7, 11) is 1.66. The highest BCUT2D eigenvalue weighted by Crippen LogP contribution is 2.28. The van der Waals surface area contributed by atoms with Crippen molar-refractivity contribution in [2.75, 3.05) is 12.8 Å². The maximum absolute atomic E-state index is 5.57. The van der Waals surface area contributed by atoms with Crippen LogP contribution in [-0.2, 0) is 0 Å². The second kappa shape index (κ2) is 4.90. The van der Waals surface area contributed by atoms with Gasteiger partial charge in [0.15, 0.2) is 0 Å². The van der Waals surface area contributed by atoms with Gasteiger partial charge in [0.25, 0.3) is 0 Å². The van der Waals surface area contributed by atoms with Crippen molar-refractivity contribution in [1.82, 2.24) is 4.98 Å². The molecule has 0 atom stereocenters. The quantitative estimate of drug-likeness (QED) is 0.884. The number of nitrogen functional groups attached to an aromatic ring is 1. The Morgan fingerprint density at radius 3 is 2.81 bits per heavy atom. The van der Waals surface area contributed by atoms with E-state index in [-0.39, 0.29) is 0 Å². The second-order valence-corrected chi connectivity index (χ2v) is 4.30. The molecule has 1 aromatic heterocycles. The molecule has 0 bridgehead atoms. The smallest absolute Gasteiger partial charge is 0.119 e. The van der Waals surface area contributed by atoms with Gasteiger partial charge in [-0.1, -0.05) is 17.8 Å². The molecule has 0 fully saturated rings. The van der Waals surface area contributed by atoms with E-state index in [2.05, 4.69) is 4.98 Å². The largest absolute Gasteiger partial charge is 0.497 e. The van der Waals surface area contributed by atoms with Gasteiger partial charge in [0.05, 0.1) is 19.0 Å². The zero-order valence-corrected chi connectivity index (χ0v) is 9.70. The minimum Gasteiger partial charge on any atom is -0.497 e. The van der Waals surface area contributed by atoms with Crippen LogP contribution >= 0.6 is 11.8 Å². The lowest BCUT2D eigenvalue weighted by Crippen LogP contribution is -1.87. The highest BCUT2D eigenvalue weighted by molar-refractivity contribution is 7.99. The Kier molecular flexibility index (Phi) is 3.31. The number of aromatic nitrogens is 1. The predicted molar refractivity (Wildman–Crippen MR) is 65.8 cm³/mol. The molecule has 0 spiro atoms. The molecule has 4 heteroatoms. The third kappa shape index (κ3) is 2.67. The normalized spacial score (nSPS) is 10.1. The number of pyridine rings is 1. The molecule has 1 heterocycles. The Labute approximate surface area is 98.6 Å². The van der Waals surface area contributed by atoms with Crippen LogP contribution in [-0.4, -0.2) is 12.1 Å². The summed E-state index contributed by atoms with van der Waals surface area (Å²) >= 11 is 1.58. The standard InChI is InChI=1S/C12H12N2OS/c1-15-10-3-2-4-11(7-10)16-12-6-5-9(13)8-14-12/h2-8H,13H2,1H3. The predicted octanol–water partition coefficient (Wildman–Crippen LogP) is 2.82. The van der Waals surface area contributed by atoms with E-state index in [1.165, 1.54) is 0 Å². The maximum atomic E-state index is 5.57. The Morgan fingerprint density at radius 2 is 2.12 bits per heavy atom. The fourth-order valence-electron chi connectivity index (χ4n) is 1.24. The molecule has 0 aliphatic rings. The molecule has 2 aromatic rings. The number of nitrogens with two attached hydrogens (primary N) is 1. The van der Waals surface area contributed by atoms with E-state index in [0.717, 1.165) is 15.7 Å². The molecule has 0 saturated heterocycles. The lowest BCUT2D eigenvalue weighted by atomic mass is 10.3. The summed E-state index contributed by atoms with van der Waals surface area (Å²) in [6.07, 6.45) is 1.66. The number of nitrogens with zero attached hydrogens (tertiary/aromatic N) is 1. The molecule has 1 aromatic carbocycles. The highest BCUT2D eigenvalue weighted by atomic mass is 32.2. The molecule has 16 heavy (non-hydrogen) atoms. The van der Waals surface area contributed by atoms with Crippen LogP contribution in [0.15, 0.2) is 52.5 Å². The van der Waals surface area contributed by atoms with E-state index in [1.54, 1.807) is 25.1 Å². The van der Waals surface area contributed by atoms with Crippen LogP contribution in [0.25, 0.3) is 0 Å². The van der Waals surface area contributed by atoms with E-state index in [0.29, 0.717) is 5.69 Å². The van der Waals surface area contributed by atoms with Gasteiger partial charge in [0, 0.05) is 4.90 Å². The van der Waals surface area contributed by atoms with E-state index in [4.69, 9.17) is 10.5 Å². The van der Waals surface area contributed by atoms with Gasteiger partial charge >= 0.3 is 0 Å².